The van der Waals surface area contributed by atoms with Gasteiger partial charge in [0.05, 0.1) is 5.56 Å². The molecule has 1 atom stereocenters. The molecule has 0 radical (unpaired) electrons. The minimum Gasteiger partial charge on any atom is -0.362 e. The predicted octanol–water partition coefficient (Wildman–Crippen LogP) is 3.92. The van der Waals surface area contributed by atoms with Gasteiger partial charge in [-0.05, 0) is 43.9 Å². The van der Waals surface area contributed by atoms with E-state index in [0.29, 0.717) is 5.92 Å². The molecule has 1 saturated carbocycles. The fourth-order valence-electron chi connectivity index (χ4n) is 3.66. The summed E-state index contributed by atoms with van der Waals surface area (Å²) in [5.74, 6) is 0.709. The van der Waals surface area contributed by atoms with Gasteiger partial charge in [0.1, 0.15) is 5.66 Å². The molecule has 1 aliphatic carbocycles. The topological polar surface area (TPSA) is 32.3 Å². The Morgan fingerprint density at radius 2 is 1.78 bits per heavy atom. The Kier molecular flexibility index (Phi) is 3.37. The molecule has 1 N–H and O–H groups in total. The predicted molar refractivity (Wildman–Crippen MR) is 92.4 cm³/mol. The van der Waals surface area contributed by atoms with Gasteiger partial charge in [-0.15, -0.1) is 0 Å². The van der Waals surface area contributed by atoms with E-state index in [-0.39, 0.29) is 11.6 Å². The number of nitrogens with zero attached hydrogens (tertiary/aromatic N) is 1. The van der Waals surface area contributed by atoms with Crippen LogP contribution in [0.3, 0.4) is 0 Å². The Bertz CT molecular complexity index is 723. The highest BCUT2D eigenvalue weighted by atomic mass is 16.2. The van der Waals surface area contributed by atoms with Crippen molar-refractivity contribution in [2.45, 2.75) is 31.8 Å². The lowest BCUT2D eigenvalue weighted by atomic mass is 9.95. The highest BCUT2D eigenvalue weighted by molar-refractivity contribution is 6.02. The minimum atomic E-state index is -0.264. The van der Waals surface area contributed by atoms with Crippen LogP contribution in [0.2, 0.25) is 0 Å². The van der Waals surface area contributed by atoms with Crippen LogP contribution in [0.5, 0.6) is 0 Å². The smallest absolute Gasteiger partial charge is 0.257 e. The molecule has 118 valence electrons. The lowest BCUT2D eigenvalue weighted by Gasteiger charge is -2.47. The molecular weight excluding hydrogens is 284 g/mol. The van der Waals surface area contributed by atoms with Gasteiger partial charge in [-0.1, -0.05) is 42.5 Å². The molecule has 23 heavy (non-hydrogen) atoms. The lowest BCUT2D eigenvalue weighted by Crippen LogP contribution is -2.60. The van der Waals surface area contributed by atoms with Crippen LogP contribution in [-0.2, 0) is 6.42 Å². The van der Waals surface area contributed by atoms with E-state index in [1.807, 2.05) is 30.3 Å². The maximum Gasteiger partial charge on any atom is 0.257 e. The van der Waals surface area contributed by atoms with Crippen LogP contribution < -0.4 is 5.32 Å². The van der Waals surface area contributed by atoms with Gasteiger partial charge in [-0.3, -0.25) is 4.79 Å². The summed E-state index contributed by atoms with van der Waals surface area (Å²) in [4.78, 5) is 15.1. The van der Waals surface area contributed by atoms with Crippen molar-refractivity contribution in [2.75, 3.05) is 11.9 Å². The summed E-state index contributed by atoms with van der Waals surface area (Å²) in [5, 5.41) is 3.66. The zero-order valence-corrected chi connectivity index (χ0v) is 13.5. The highest BCUT2D eigenvalue weighted by Gasteiger charge is 2.50. The number of hydrogen-bond acceptors (Lipinski definition) is 2. The number of rotatable bonds is 4. The van der Waals surface area contributed by atoms with Gasteiger partial charge in [0, 0.05) is 18.2 Å². The Balaban J connectivity index is 1.64. The van der Waals surface area contributed by atoms with Crippen molar-refractivity contribution in [3.05, 3.63) is 65.7 Å². The minimum absolute atomic E-state index is 0.157. The van der Waals surface area contributed by atoms with Gasteiger partial charge in [-0.2, -0.15) is 0 Å². The Hall–Kier alpha value is -2.29. The molecule has 1 fully saturated rings. The first-order valence-electron chi connectivity index (χ1n) is 8.41. The second kappa shape index (κ2) is 5.41. The van der Waals surface area contributed by atoms with E-state index < -0.39 is 0 Å². The van der Waals surface area contributed by atoms with Crippen molar-refractivity contribution < 1.29 is 4.79 Å². The molecule has 1 amide bonds. The number of carbonyl (C=O) groups is 1. The molecule has 3 heteroatoms. The van der Waals surface area contributed by atoms with E-state index in [2.05, 4.69) is 41.4 Å². The van der Waals surface area contributed by atoms with Crippen LogP contribution in [0, 0.1) is 5.92 Å². The maximum atomic E-state index is 13.1. The van der Waals surface area contributed by atoms with Crippen molar-refractivity contribution in [2.24, 2.45) is 5.92 Å². The summed E-state index contributed by atoms with van der Waals surface area (Å²) >= 11 is 0. The Labute approximate surface area is 137 Å². The summed E-state index contributed by atoms with van der Waals surface area (Å²) in [6, 6.07) is 18.3. The van der Waals surface area contributed by atoms with Gasteiger partial charge in [0.15, 0.2) is 0 Å². The third-order valence-corrected chi connectivity index (χ3v) is 5.19. The number of amides is 1. The van der Waals surface area contributed by atoms with Crippen LogP contribution >= 0.6 is 0 Å². The highest BCUT2D eigenvalue weighted by Crippen LogP contribution is 2.46. The lowest BCUT2D eigenvalue weighted by molar-refractivity contribution is 0.0497. The maximum absolute atomic E-state index is 13.1. The van der Waals surface area contributed by atoms with Crippen molar-refractivity contribution in [3.8, 4) is 0 Å². The second-order valence-corrected chi connectivity index (χ2v) is 6.78. The molecule has 1 heterocycles. The fraction of sp³-hybridized carbons (Fsp3) is 0.350. The van der Waals surface area contributed by atoms with Crippen LogP contribution in [0.1, 0.15) is 35.7 Å². The zero-order chi connectivity index (χ0) is 15.9. The van der Waals surface area contributed by atoms with Crippen molar-refractivity contribution >= 4 is 11.6 Å². The van der Waals surface area contributed by atoms with Gasteiger partial charge < -0.3 is 10.2 Å². The monoisotopic (exact) mass is 306 g/mol. The van der Waals surface area contributed by atoms with E-state index >= 15 is 0 Å². The van der Waals surface area contributed by atoms with E-state index in [0.717, 1.165) is 24.2 Å². The number of fused-ring (bicyclic) bond motifs is 1. The van der Waals surface area contributed by atoms with Crippen LogP contribution in [0.15, 0.2) is 54.6 Å². The fourth-order valence-corrected chi connectivity index (χ4v) is 3.66. The molecular formula is C20H22N2O. The molecule has 2 aromatic rings. The van der Waals surface area contributed by atoms with E-state index in [1.165, 1.54) is 18.4 Å². The quantitative estimate of drug-likeness (QED) is 0.928. The molecule has 2 aliphatic rings. The molecule has 3 nitrogen and oxygen atoms in total. The van der Waals surface area contributed by atoms with Gasteiger partial charge >= 0.3 is 0 Å². The summed E-state index contributed by atoms with van der Waals surface area (Å²) in [5.41, 5.74) is 2.78. The number of anilines is 1. The average Bonchev–Trinajstić information content (AvgIpc) is 3.41. The molecule has 0 bridgehead atoms. The number of nitrogens with one attached hydrogen (secondary N) is 1. The largest absolute Gasteiger partial charge is 0.362 e. The third kappa shape index (κ3) is 2.50. The number of carbonyl (C=O) groups excluding carboxylic acids is 1. The third-order valence-electron chi connectivity index (χ3n) is 5.19. The molecule has 1 aliphatic heterocycles. The SMILES string of the molecule is CC1(C2CC2)Nc2ccccc2C(=O)N1CCc1ccccc1. The Morgan fingerprint density at radius 3 is 2.52 bits per heavy atom. The van der Waals surface area contributed by atoms with Crippen molar-refractivity contribution in [1.82, 2.24) is 4.90 Å². The molecule has 1 unspecified atom stereocenters. The first kappa shape index (κ1) is 14.3. The molecule has 2 aromatic carbocycles. The van der Waals surface area contributed by atoms with E-state index in [4.69, 9.17) is 0 Å². The Morgan fingerprint density at radius 1 is 1.09 bits per heavy atom. The summed E-state index contributed by atoms with van der Waals surface area (Å²) < 4.78 is 0. The number of benzene rings is 2. The molecule has 0 saturated heterocycles. The van der Waals surface area contributed by atoms with Crippen LogP contribution in [0.25, 0.3) is 0 Å². The van der Waals surface area contributed by atoms with Crippen LogP contribution in [-0.4, -0.2) is 23.0 Å². The summed E-state index contributed by atoms with van der Waals surface area (Å²) in [7, 11) is 0. The first-order chi connectivity index (χ1) is 11.2. The molecule has 0 aromatic heterocycles. The standard InChI is InChI=1S/C20H22N2O/c1-20(16-11-12-16)21-18-10-6-5-9-17(18)19(23)22(20)14-13-15-7-3-2-4-8-15/h2-10,16,21H,11-14H2,1H3. The van der Waals surface area contributed by atoms with E-state index in [1.54, 1.807) is 0 Å². The van der Waals surface area contributed by atoms with Gasteiger partial charge in [0.25, 0.3) is 5.91 Å². The number of hydrogen-bond donors (Lipinski definition) is 1. The van der Waals surface area contributed by atoms with Crippen LogP contribution in [0.4, 0.5) is 5.69 Å². The molecule has 4 rings (SSSR count). The molecule has 0 spiro atoms. The summed E-state index contributed by atoms with van der Waals surface area (Å²) in [6.07, 6.45) is 3.28. The number of para-hydroxylation sites is 1. The van der Waals surface area contributed by atoms with Gasteiger partial charge in [0.2, 0.25) is 0 Å². The average molecular weight is 306 g/mol. The zero-order valence-electron chi connectivity index (χ0n) is 13.5. The van der Waals surface area contributed by atoms with Crippen molar-refractivity contribution in [3.63, 3.8) is 0 Å². The van der Waals surface area contributed by atoms with E-state index in [9.17, 15) is 4.79 Å². The first-order valence-corrected chi connectivity index (χ1v) is 8.41. The second-order valence-electron chi connectivity index (χ2n) is 6.78. The van der Waals surface area contributed by atoms with Gasteiger partial charge in [-0.25, -0.2) is 0 Å². The normalized spacial score (nSPS) is 23.3. The van der Waals surface area contributed by atoms with Crippen molar-refractivity contribution in [1.29, 1.82) is 0 Å². The summed E-state index contributed by atoms with van der Waals surface area (Å²) in [6.45, 7) is 2.93.